The van der Waals surface area contributed by atoms with Gasteiger partial charge in [0.2, 0.25) is 0 Å². The van der Waals surface area contributed by atoms with Crippen LogP contribution in [-0.2, 0) is 10.0 Å². The van der Waals surface area contributed by atoms with Crippen LogP contribution >= 0.6 is 34.8 Å². The van der Waals surface area contributed by atoms with E-state index in [0.717, 1.165) is 4.68 Å². The lowest BCUT2D eigenvalue weighted by atomic mass is 10.2. The average molecular weight is 567 g/mol. The number of aromatic nitrogens is 1. The number of nitro benzene ring substituents is 3. The molecular formula is C17H10Cl3N5O9S. The number of pyridine rings is 1. The molecule has 3 aromatic rings. The second-order valence-corrected chi connectivity index (χ2v) is 8.89. The first-order valence-corrected chi connectivity index (χ1v) is 11.2. The standard InChI is InChI=1S/C11H7Cl3N2O2S.C6H3N3O7/c12-8-6-9(13)11(10(14)7-8)19(17,18)15-16-4-2-1-3-5-16;10-6-4(8(13)14)1-3(7(11)12)2-5(6)9(15)16/h1-7H;1-2,10H. The van der Waals surface area contributed by atoms with Crippen molar-refractivity contribution in [3.63, 3.8) is 0 Å². The summed E-state index contributed by atoms with van der Waals surface area (Å²) in [4.78, 5) is 31.1. The predicted octanol–water partition coefficient (Wildman–Crippen LogP) is 4.58. The van der Waals surface area contributed by atoms with Gasteiger partial charge in [-0.1, -0.05) is 40.9 Å². The van der Waals surface area contributed by atoms with Crippen LogP contribution < -0.4 is 4.68 Å². The van der Waals surface area contributed by atoms with Crippen LogP contribution in [0.2, 0.25) is 15.1 Å². The summed E-state index contributed by atoms with van der Waals surface area (Å²) in [6.45, 7) is 0. The normalized spacial score (nSPS) is 10.6. The first-order chi connectivity index (χ1) is 16.2. The highest BCUT2D eigenvalue weighted by atomic mass is 35.5. The number of benzene rings is 2. The molecule has 0 saturated carbocycles. The lowest BCUT2D eigenvalue weighted by Gasteiger charge is -2.16. The Bertz CT molecular complexity index is 1360. The molecule has 0 atom stereocenters. The molecule has 0 fully saturated rings. The lowest BCUT2D eigenvalue weighted by molar-refractivity contribution is -0.614. The average Bonchev–Trinajstić information content (AvgIpc) is 2.73. The van der Waals surface area contributed by atoms with Crippen molar-refractivity contribution in [2.75, 3.05) is 0 Å². The number of halogens is 3. The summed E-state index contributed by atoms with van der Waals surface area (Å²) >= 11 is 17.5. The predicted molar refractivity (Wildman–Crippen MR) is 122 cm³/mol. The van der Waals surface area contributed by atoms with E-state index in [1.165, 1.54) is 24.5 Å². The molecule has 35 heavy (non-hydrogen) atoms. The molecule has 0 radical (unpaired) electrons. The van der Waals surface area contributed by atoms with Gasteiger partial charge in [-0.05, 0) is 12.1 Å². The molecule has 0 unspecified atom stereocenters. The van der Waals surface area contributed by atoms with E-state index in [0.29, 0.717) is 12.1 Å². The van der Waals surface area contributed by atoms with E-state index in [-0.39, 0.29) is 20.0 Å². The summed E-state index contributed by atoms with van der Waals surface area (Å²) in [7, 11) is -4.03. The van der Waals surface area contributed by atoms with Crippen LogP contribution in [0.4, 0.5) is 17.1 Å². The second kappa shape index (κ2) is 11.1. The van der Waals surface area contributed by atoms with Crippen LogP contribution in [0.5, 0.6) is 5.75 Å². The van der Waals surface area contributed by atoms with E-state index in [1.807, 2.05) is 0 Å². The topological polar surface area (TPSA) is 202 Å². The van der Waals surface area contributed by atoms with Crippen molar-refractivity contribution in [2.24, 2.45) is 0 Å². The van der Waals surface area contributed by atoms with Crippen molar-refractivity contribution in [3.05, 3.63) is 105 Å². The van der Waals surface area contributed by atoms with E-state index in [4.69, 9.17) is 39.9 Å². The number of aromatic hydroxyl groups is 1. The van der Waals surface area contributed by atoms with Gasteiger partial charge in [0.05, 0.1) is 41.8 Å². The SMILES string of the molecule is O=S(=O)([N-][n+]1ccccc1)c1c(Cl)cc(Cl)cc1Cl.O=[N+]([O-])c1cc([N+](=O)[O-])c(O)c([N+](=O)[O-])c1. The van der Waals surface area contributed by atoms with Crippen LogP contribution in [0.15, 0.2) is 59.8 Å². The fourth-order valence-electron chi connectivity index (χ4n) is 2.36. The van der Waals surface area contributed by atoms with E-state index in [2.05, 4.69) is 4.83 Å². The minimum Gasteiger partial charge on any atom is -0.497 e. The van der Waals surface area contributed by atoms with Gasteiger partial charge in [0.25, 0.3) is 11.4 Å². The molecule has 0 aliphatic rings. The molecule has 2 aromatic carbocycles. The third-order valence-electron chi connectivity index (χ3n) is 3.78. The summed E-state index contributed by atoms with van der Waals surface area (Å²) < 4.78 is 25.5. The molecule has 0 bridgehead atoms. The zero-order valence-electron chi connectivity index (χ0n) is 16.7. The molecular weight excluding hydrogens is 557 g/mol. The Morgan fingerprint density at radius 3 is 1.66 bits per heavy atom. The van der Waals surface area contributed by atoms with Crippen LogP contribution in [0.3, 0.4) is 0 Å². The maximum absolute atomic E-state index is 12.2. The molecule has 0 amide bonds. The smallest absolute Gasteiger partial charge is 0.324 e. The van der Waals surface area contributed by atoms with Gasteiger partial charge in [-0.3, -0.25) is 30.3 Å². The van der Waals surface area contributed by atoms with Crippen molar-refractivity contribution >= 4 is 61.9 Å². The molecule has 1 N–H and O–H groups in total. The van der Waals surface area contributed by atoms with Gasteiger partial charge in [0.15, 0.2) is 22.4 Å². The van der Waals surface area contributed by atoms with Crippen LogP contribution in [0.25, 0.3) is 4.83 Å². The quantitative estimate of drug-likeness (QED) is 0.252. The summed E-state index contributed by atoms with van der Waals surface area (Å²) in [5.74, 6) is -1.21. The molecule has 0 aliphatic carbocycles. The number of sulfonamides is 1. The van der Waals surface area contributed by atoms with E-state index >= 15 is 0 Å². The number of hydrogen-bond donors (Lipinski definition) is 1. The summed E-state index contributed by atoms with van der Waals surface area (Å²) in [5, 5.41) is 40.3. The summed E-state index contributed by atoms with van der Waals surface area (Å²) in [6, 6.07) is 8.51. The van der Waals surface area contributed by atoms with Gasteiger partial charge in [-0.15, -0.1) is 0 Å². The molecule has 0 saturated heterocycles. The molecule has 0 aliphatic heterocycles. The molecule has 3 rings (SSSR count). The Hall–Kier alpha value is -3.79. The number of nitro groups is 3. The van der Waals surface area contributed by atoms with Crippen molar-refractivity contribution in [2.45, 2.75) is 4.90 Å². The third-order valence-corrected chi connectivity index (χ3v) is 6.18. The van der Waals surface area contributed by atoms with E-state index in [9.17, 15) is 38.8 Å². The highest BCUT2D eigenvalue weighted by Gasteiger charge is 2.30. The Labute approximate surface area is 210 Å². The molecule has 1 heterocycles. The number of phenols is 1. The first kappa shape index (κ1) is 27.5. The van der Waals surface area contributed by atoms with Crippen LogP contribution in [0, 0.1) is 30.3 Å². The fraction of sp³-hybridized carbons (Fsp3) is 0. The number of hydrogen-bond acceptors (Lipinski definition) is 9. The summed E-state index contributed by atoms with van der Waals surface area (Å²) in [5.41, 5.74) is -3.00. The van der Waals surface area contributed by atoms with Gasteiger partial charge >= 0.3 is 11.4 Å². The number of rotatable bonds is 6. The Morgan fingerprint density at radius 1 is 0.800 bits per heavy atom. The van der Waals surface area contributed by atoms with Crippen LogP contribution in [0.1, 0.15) is 0 Å². The Morgan fingerprint density at radius 2 is 1.26 bits per heavy atom. The highest BCUT2D eigenvalue weighted by Crippen LogP contribution is 2.39. The highest BCUT2D eigenvalue weighted by molar-refractivity contribution is 7.93. The monoisotopic (exact) mass is 565 g/mol. The van der Waals surface area contributed by atoms with Crippen molar-refractivity contribution in [3.8, 4) is 5.75 Å². The van der Waals surface area contributed by atoms with E-state index in [1.54, 1.807) is 18.2 Å². The minimum atomic E-state index is -4.03. The fourth-order valence-corrected chi connectivity index (χ4v) is 4.81. The van der Waals surface area contributed by atoms with Crippen molar-refractivity contribution < 1.29 is 33.0 Å². The number of phenolic OH excluding ortho intramolecular Hbond substituents is 1. The second-order valence-electron chi connectivity index (χ2n) is 6.11. The molecule has 184 valence electrons. The van der Waals surface area contributed by atoms with E-state index < -0.39 is 47.6 Å². The minimum absolute atomic E-state index is 0.0715. The third kappa shape index (κ3) is 6.86. The van der Waals surface area contributed by atoms with Gasteiger partial charge in [0, 0.05) is 17.2 Å². The molecule has 0 spiro atoms. The maximum atomic E-state index is 12.2. The largest absolute Gasteiger partial charge is 0.497 e. The van der Waals surface area contributed by atoms with Gasteiger partial charge < -0.3 is 9.94 Å². The lowest BCUT2D eigenvalue weighted by Crippen LogP contribution is -2.31. The molecule has 18 heteroatoms. The van der Waals surface area contributed by atoms with Crippen molar-refractivity contribution in [1.82, 2.24) is 0 Å². The summed E-state index contributed by atoms with van der Waals surface area (Å²) in [6.07, 6.45) is 2.96. The van der Waals surface area contributed by atoms with Gasteiger partial charge in [-0.25, -0.2) is 13.1 Å². The zero-order chi connectivity index (χ0) is 26.5. The molecule has 14 nitrogen and oxygen atoms in total. The molecule has 1 aromatic heterocycles. The number of nitrogens with zero attached hydrogens (tertiary/aromatic N) is 5. The maximum Gasteiger partial charge on any atom is 0.324 e. The van der Waals surface area contributed by atoms with Crippen LogP contribution in [-0.4, -0.2) is 28.3 Å². The van der Waals surface area contributed by atoms with Gasteiger partial charge in [-0.2, -0.15) is 0 Å². The Kier molecular flexibility index (Phi) is 8.70. The number of non-ortho nitro benzene ring substituents is 1. The first-order valence-electron chi connectivity index (χ1n) is 8.64. The van der Waals surface area contributed by atoms with Gasteiger partial charge in [0.1, 0.15) is 0 Å². The Balaban J connectivity index is 0.000000251. The zero-order valence-corrected chi connectivity index (χ0v) is 19.8. The van der Waals surface area contributed by atoms with Crippen molar-refractivity contribution in [1.29, 1.82) is 0 Å².